The second-order valence-electron chi connectivity index (χ2n) is 5.49. The summed E-state index contributed by atoms with van der Waals surface area (Å²) >= 11 is 12.0. The Morgan fingerprint density at radius 3 is 2.48 bits per heavy atom. The van der Waals surface area contributed by atoms with Crippen LogP contribution < -0.4 is 5.32 Å². The van der Waals surface area contributed by atoms with E-state index in [-0.39, 0.29) is 5.91 Å². The molecule has 2 aromatic rings. The van der Waals surface area contributed by atoms with Crippen LogP contribution in [-0.4, -0.2) is 32.0 Å². The molecule has 0 radical (unpaired) electrons. The Labute approximate surface area is 145 Å². The van der Waals surface area contributed by atoms with Gasteiger partial charge in [-0.15, -0.1) is 0 Å². The minimum atomic E-state index is 0.000626. The van der Waals surface area contributed by atoms with Crippen LogP contribution in [0.1, 0.15) is 29.9 Å². The third kappa shape index (κ3) is 4.72. The summed E-state index contributed by atoms with van der Waals surface area (Å²) in [6, 6.07) is 0. The number of nitrogens with one attached hydrogen (secondary N) is 1. The molecule has 0 fully saturated rings. The Bertz CT molecular complexity index is 673. The molecule has 0 aliphatic heterocycles. The van der Waals surface area contributed by atoms with Gasteiger partial charge in [-0.05, 0) is 27.2 Å². The number of aromatic nitrogens is 4. The first-order valence-electron chi connectivity index (χ1n) is 7.54. The molecule has 0 unspecified atom stereocenters. The molecule has 6 nitrogen and oxygen atoms in total. The van der Waals surface area contributed by atoms with Gasteiger partial charge < -0.3 is 5.32 Å². The fourth-order valence-electron chi connectivity index (χ4n) is 2.26. The Balaban J connectivity index is 1.67. The molecule has 2 aromatic heterocycles. The number of hydrogen-bond donors (Lipinski definition) is 1. The first-order valence-corrected chi connectivity index (χ1v) is 8.30. The molecule has 0 saturated carbocycles. The number of carbonyl (C=O) groups excluding carboxylic acids is 1. The molecule has 23 heavy (non-hydrogen) atoms. The highest BCUT2D eigenvalue weighted by Crippen LogP contribution is 2.18. The summed E-state index contributed by atoms with van der Waals surface area (Å²) in [6.07, 6.45) is 2.91. The van der Waals surface area contributed by atoms with Gasteiger partial charge in [0.1, 0.15) is 0 Å². The van der Waals surface area contributed by atoms with Gasteiger partial charge in [0.05, 0.1) is 27.1 Å². The van der Waals surface area contributed by atoms with E-state index in [9.17, 15) is 4.79 Å². The van der Waals surface area contributed by atoms with Crippen LogP contribution in [0, 0.1) is 20.8 Å². The van der Waals surface area contributed by atoms with Crippen LogP contribution in [0.15, 0.2) is 6.20 Å². The predicted octanol–water partition coefficient (Wildman–Crippen LogP) is 2.91. The van der Waals surface area contributed by atoms with Crippen LogP contribution in [0.3, 0.4) is 0 Å². The molecule has 1 N–H and O–H groups in total. The van der Waals surface area contributed by atoms with E-state index in [1.54, 1.807) is 10.9 Å². The van der Waals surface area contributed by atoms with Crippen molar-refractivity contribution in [2.45, 2.75) is 46.7 Å². The summed E-state index contributed by atoms with van der Waals surface area (Å²) in [5.41, 5.74) is 2.57. The van der Waals surface area contributed by atoms with Crippen molar-refractivity contribution in [1.82, 2.24) is 24.9 Å². The van der Waals surface area contributed by atoms with E-state index in [0.29, 0.717) is 29.6 Å². The fraction of sp³-hybridized carbons (Fsp3) is 0.533. The molecule has 0 aromatic carbocycles. The zero-order valence-corrected chi connectivity index (χ0v) is 15.1. The lowest BCUT2D eigenvalue weighted by molar-refractivity contribution is -0.121. The lowest BCUT2D eigenvalue weighted by Crippen LogP contribution is -2.26. The monoisotopic (exact) mass is 357 g/mol. The van der Waals surface area contributed by atoms with Gasteiger partial charge in [-0.1, -0.05) is 23.2 Å². The second-order valence-corrected chi connectivity index (χ2v) is 6.27. The molecule has 0 bridgehead atoms. The minimum Gasteiger partial charge on any atom is -0.356 e. The molecule has 0 aliphatic rings. The molecular weight excluding hydrogens is 337 g/mol. The first-order chi connectivity index (χ1) is 10.9. The number of carbonyl (C=O) groups is 1. The number of hydrogen-bond acceptors (Lipinski definition) is 3. The van der Waals surface area contributed by atoms with Gasteiger partial charge in [-0.2, -0.15) is 10.2 Å². The highest BCUT2D eigenvalue weighted by Gasteiger charge is 2.09. The molecule has 8 heteroatoms. The van der Waals surface area contributed by atoms with E-state index < -0.39 is 0 Å². The predicted molar refractivity (Wildman–Crippen MR) is 90.9 cm³/mol. The number of amides is 1. The van der Waals surface area contributed by atoms with Crippen molar-refractivity contribution in [2.24, 2.45) is 0 Å². The molecule has 126 valence electrons. The normalized spacial score (nSPS) is 11.0. The van der Waals surface area contributed by atoms with Crippen molar-refractivity contribution in [2.75, 3.05) is 6.54 Å². The van der Waals surface area contributed by atoms with Crippen LogP contribution in [0.2, 0.25) is 10.0 Å². The van der Waals surface area contributed by atoms with Gasteiger partial charge in [-0.3, -0.25) is 14.2 Å². The Morgan fingerprint density at radius 1 is 1.17 bits per heavy atom. The smallest absolute Gasteiger partial charge is 0.221 e. The zero-order chi connectivity index (χ0) is 17.0. The summed E-state index contributed by atoms with van der Waals surface area (Å²) < 4.78 is 3.56. The molecule has 0 spiro atoms. The van der Waals surface area contributed by atoms with Crippen LogP contribution >= 0.6 is 23.2 Å². The van der Waals surface area contributed by atoms with E-state index in [1.807, 2.05) is 25.5 Å². The van der Waals surface area contributed by atoms with Gasteiger partial charge in [0.15, 0.2) is 0 Å². The average Bonchev–Trinajstić information content (AvgIpc) is 2.96. The fourth-order valence-corrected chi connectivity index (χ4v) is 2.55. The van der Waals surface area contributed by atoms with Crippen molar-refractivity contribution in [3.8, 4) is 0 Å². The van der Waals surface area contributed by atoms with Gasteiger partial charge in [0, 0.05) is 32.3 Å². The maximum Gasteiger partial charge on any atom is 0.221 e. The molecule has 0 atom stereocenters. The van der Waals surface area contributed by atoms with E-state index in [4.69, 9.17) is 23.2 Å². The molecule has 2 rings (SSSR count). The van der Waals surface area contributed by atoms with Gasteiger partial charge in [-0.25, -0.2) is 0 Å². The molecule has 0 aliphatic carbocycles. The number of nitrogens with zero attached hydrogens (tertiary/aromatic N) is 4. The van der Waals surface area contributed by atoms with Crippen LogP contribution in [0.25, 0.3) is 0 Å². The van der Waals surface area contributed by atoms with Crippen LogP contribution in [-0.2, 0) is 17.9 Å². The topological polar surface area (TPSA) is 64.7 Å². The van der Waals surface area contributed by atoms with E-state index >= 15 is 0 Å². The first kappa shape index (κ1) is 17.8. The lowest BCUT2D eigenvalue weighted by atomic mass is 10.3. The molecular formula is C15H21Cl2N5O. The van der Waals surface area contributed by atoms with Crippen molar-refractivity contribution in [1.29, 1.82) is 0 Å². The lowest BCUT2D eigenvalue weighted by Gasteiger charge is -2.07. The SMILES string of the molecule is Cc1nn(CCC(=O)NCCCn2nc(C)c(Cl)c2C)cc1Cl. The maximum absolute atomic E-state index is 11.8. The standard InChI is InChI=1S/C15H21Cl2N5O/c1-10-13(16)9-21(19-10)8-5-14(23)18-6-4-7-22-12(3)15(17)11(2)20-22/h9H,4-8H2,1-3H3,(H,18,23). The molecule has 0 saturated heterocycles. The Kier molecular flexibility index (Phi) is 6.07. The van der Waals surface area contributed by atoms with Crippen LogP contribution in [0.5, 0.6) is 0 Å². The highest BCUT2D eigenvalue weighted by atomic mass is 35.5. The molecule has 1 amide bonds. The third-order valence-electron chi connectivity index (χ3n) is 3.62. The summed E-state index contributed by atoms with van der Waals surface area (Å²) in [5, 5.41) is 12.8. The van der Waals surface area contributed by atoms with Crippen molar-refractivity contribution < 1.29 is 4.79 Å². The van der Waals surface area contributed by atoms with Gasteiger partial charge >= 0.3 is 0 Å². The van der Waals surface area contributed by atoms with E-state index in [0.717, 1.165) is 30.0 Å². The third-order valence-corrected chi connectivity index (χ3v) is 4.53. The Hall–Kier alpha value is -1.53. The summed E-state index contributed by atoms with van der Waals surface area (Å²) in [6.45, 7) is 7.52. The maximum atomic E-state index is 11.8. The number of halogens is 2. The van der Waals surface area contributed by atoms with Crippen molar-refractivity contribution in [3.63, 3.8) is 0 Å². The Morgan fingerprint density at radius 2 is 1.91 bits per heavy atom. The number of aryl methyl sites for hydroxylation is 4. The van der Waals surface area contributed by atoms with Crippen LogP contribution in [0.4, 0.5) is 0 Å². The average molecular weight is 358 g/mol. The highest BCUT2D eigenvalue weighted by molar-refractivity contribution is 6.31. The summed E-state index contributed by atoms with van der Waals surface area (Å²) in [4.78, 5) is 11.8. The molecule has 2 heterocycles. The minimum absolute atomic E-state index is 0.000626. The number of rotatable bonds is 7. The van der Waals surface area contributed by atoms with Crippen molar-refractivity contribution in [3.05, 3.63) is 33.3 Å². The second kappa shape index (κ2) is 7.84. The summed E-state index contributed by atoms with van der Waals surface area (Å²) in [7, 11) is 0. The van der Waals surface area contributed by atoms with E-state index in [2.05, 4.69) is 15.5 Å². The zero-order valence-electron chi connectivity index (χ0n) is 13.6. The van der Waals surface area contributed by atoms with Gasteiger partial charge in [0.25, 0.3) is 0 Å². The quantitative estimate of drug-likeness (QED) is 0.774. The largest absolute Gasteiger partial charge is 0.356 e. The van der Waals surface area contributed by atoms with E-state index in [1.165, 1.54) is 0 Å². The van der Waals surface area contributed by atoms with Crippen molar-refractivity contribution >= 4 is 29.1 Å². The summed E-state index contributed by atoms with van der Waals surface area (Å²) in [5.74, 6) is 0.000626. The van der Waals surface area contributed by atoms with Gasteiger partial charge in [0.2, 0.25) is 5.91 Å².